The van der Waals surface area contributed by atoms with Gasteiger partial charge in [0.25, 0.3) is 0 Å². The highest BCUT2D eigenvalue weighted by molar-refractivity contribution is 5.13. The lowest BCUT2D eigenvalue weighted by Gasteiger charge is -2.10. The van der Waals surface area contributed by atoms with Gasteiger partial charge in [-0.1, -0.05) is 6.07 Å². The van der Waals surface area contributed by atoms with E-state index in [1.165, 1.54) is 18.4 Å². The van der Waals surface area contributed by atoms with Gasteiger partial charge < -0.3 is 14.8 Å². The van der Waals surface area contributed by atoms with Crippen LogP contribution in [0.3, 0.4) is 0 Å². The summed E-state index contributed by atoms with van der Waals surface area (Å²) >= 11 is 0. The zero-order valence-corrected chi connectivity index (χ0v) is 11.3. The molecule has 0 amide bonds. The van der Waals surface area contributed by atoms with Gasteiger partial charge in [0.05, 0.1) is 25.0 Å². The van der Waals surface area contributed by atoms with Gasteiger partial charge in [-0.2, -0.15) is 0 Å². The molecule has 1 atom stereocenters. The van der Waals surface area contributed by atoms with Crippen molar-refractivity contribution >= 4 is 0 Å². The minimum Gasteiger partial charge on any atom is -0.376 e. The molecule has 0 bridgehead atoms. The van der Waals surface area contributed by atoms with Crippen molar-refractivity contribution in [3.63, 3.8) is 0 Å². The fourth-order valence-electron chi connectivity index (χ4n) is 2.27. The van der Waals surface area contributed by atoms with E-state index in [1.807, 2.05) is 6.20 Å². The molecule has 1 aromatic rings. The summed E-state index contributed by atoms with van der Waals surface area (Å²) in [6, 6.07) is 4.93. The number of hydrogen-bond donors (Lipinski definition) is 1. The molecule has 2 fully saturated rings. The van der Waals surface area contributed by atoms with Crippen LogP contribution in [-0.4, -0.2) is 30.3 Å². The molecule has 1 saturated carbocycles. The van der Waals surface area contributed by atoms with Crippen molar-refractivity contribution in [3.8, 4) is 0 Å². The molecule has 4 nitrogen and oxygen atoms in total. The fraction of sp³-hybridized carbons (Fsp3) is 0.667. The van der Waals surface area contributed by atoms with Gasteiger partial charge in [-0.3, -0.25) is 4.98 Å². The molecular weight excluding hydrogens is 240 g/mol. The summed E-state index contributed by atoms with van der Waals surface area (Å²) in [6.45, 7) is 3.08. The van der Waals surface area contributed by atoms with Crippen LogP contribution >= 0.6 is 0 Å². The molecule has 2 aliphatic rings. The largest absolute Gasteiger partial charge is 0.376 e. The minimum absolute atomic E-state index is 0.294. The van der Waals surface area contributed by atoms with Crippen LogP contribution in [0.25, 0.3) is 0 Å². The van der Waals surface area contributed by atoms with Crippen molar-refractivity contribution in [2.24, 2.45) is 0 Å². The third-order valence-corrected chi connectivity index (χ3v) is 3.64. The number of aromatic nitrogens is 1. The average molecular weight is 262 g/mol. The standard InChI is InChI=1S/C15H22N2O2/c1-2-15(19-7-1)11-18-10-14-4-3-12(9-17-14)8-16-13-5-6-13/h3-4,9,13,15-16H,1-2,5-8,10-11H2. The minimum atomic E-state index is 0.294. The molecular formula is C15H22N2O2. The number of nitrogens with zero attached hydrogens (tertiary/aromatic N) is 1. The Morgan fingerprint density at radius 1 is 1.32 bits per heavy atom. The topological polar surface area (TPSA) is 43.4 Å². The smallest absolute Gasteiger partial charge is 0.0889 e. The van der Waals surface area contributed by atoms with E-state index in [-0.39, 0.29) is 0 Å². The van der Waals surface area contributed by atoms with Crippen LogP contribution in [0.2, 0.25) is 0 Å². The molecule has 1 saturated heterocycles. The number of pyridine rings is 1. The molecule has 0 spiro atoms. The first-order valence-electron chi connectivity index (χ1n) is 7.27. The van der Waals surface area contributed by atoms with Crippen molar-refractivity contribution < 1.29 is 9.47 Å². The molecule has 104 valence electrons. The summed E-state index contributed by atoms with van der Waals surface area (Å²) in [5, 5.41) is 3.48. The fourth-order valence-corrected chi connectivity index (χ4v) is 2.27. The van der Waals surface area contributed by atoms with Gasteiger partial charge in [-0.25, -0.2) is 0 Å². The SMILES string of the molecule is c1cc(COCC2CCCO2)ncc1CNC1CC1. The molecule has 2 heterocycles. The summed E-state index contributed by atoms with van der Waals surface area (Å²) in [6.07, 6.45) is 7.17. The molecule has 0 radical (unpaired) electrons. The van der Waals surface area contributed by atoms with Crippen molar-refractivity contribution in [2.75, 3.05) is 13.2 Å². The zero-order valence-electron chi connectivity index (χ0n) is 11.3. The van der Waals surface area contributed by atoms with Gasteiger partial charge in [0.2, 0.25) is 0 Å². The Hall–Kier alpha value is -0.970. The second-order valence-corrected chi connectivity index (χ2v) is 5.46. The Morgan fingerprint density at radius 2 is 2.26 bits per heavy atom. The Balaban J connectivity index is 1.37. The van der Waals surface area contributed by atoms with Gasteiger partial charge in [-0.05, 0) is 37.3 Å². The van der Waals surface area contributed by atoms with Gasteiger partial charge >= 0.3 is 0 Å². The monoisotopic (exact) mass is 262 g/mol. The molecule has 1 aliphatic carbocycles. The summed E-state index contributed by atoms with van der Waals surface area (Å²) in [7, 11) is 0. The maximum absolute atomic E-state index is 5.65. The predicted octanol–water partition coefficient (Wildman–Crippen LogP) is 2.03. The zero-order chi connectivity index (χ0) is 12.9. The second-order valence-electron chi connectivity index (χ2n) is 5.46. The summed E-state index contributed by atoms with van der Waals surface area (Å²) < 4.78 is 11.2. The first-order chi connectivity index (χ1) is 9.40. The highest BCUT2D eigenvalue weighted by Crippen LogP contribution is 2.19. The van der Waals surface area contributed by atoms with E-state index in [0.717, 1.165) is 37.7 Å². The first kappa shape index (κ1) is 13.0. The van der Waals surface area contributed by atoms with Crippen LogP contribution in [0.1, 0.15) is 36.9 Å². The Kier molecular flexibility index (Phi) is 4.43. The van der Waals surface area contributed by atoms with E-state index in [9.17, 15) is 0 Å². The van der Waals surface area contributed by atoms with E-state index >= 15 is 0 Å². The molecule has 0 aromatic carbocycles. The van der Waals surface area contributed by atoms with E-state index in [1.54, 1.807) is 0 Å². The van der Waals surface area contributed by atoms with E-state index < -0.39 is 0 Å². The maximum atomic E-state index is 5.65. The van der Waals surface area contributed by atoms with Gasteiger partial charge in [0.15, 0.2) is 0 Å². The number of ether oxygens (including phenoxy) is 2. The van der Waals surface area contributed by atoms with Gasteiger partial charge in [0.1, 0.15) is 0 Å². The lowest BCUT2D eigenvalue weighted by atomic mass is 10.2. The predicted molar refractivity (Wildman–Crippen MR) is 72.7 cm³/mol. The van der Waals surface area contributed by atoms with Crippen molar-refractivity contribution in [3.05, 3.63) is 29.6 Å². The third-order valence-electron chi connectivity index (χ3n) is 3.64. The molecule has 1 unspecified atom stereocenters. The molecule has 1 aromatic heterocycles. The van der Waals surface area contributed by atoms with E-state index in [2.05, 4.69) is 22.4 Å². The Morgan fingerprint density at radius 3 is 2.95 bits per heavy atom. The van der Waals surface area contributed by atoms with Crippen LogP contribution in [0.4, 0.5) is 0 Å². The molecule has 1 aliphatic heterocycles. The van der Waals surface area contributed by atoms with Crippen molar-refractivity contribution in [1.29, 1.82) is 0 Å². The normalized spacial score (nSPS) is 22.8. The summed E-state index contributed by atoms with van der Waals surface area (Å²) in [4.78, 5) is 4.44. The van der Waals surface area contributed by atoms with Gasteiger partial charge in [-0.15, -0.1) is 0 Å². The van der Waals surface area contributed by atoms with Crippen LogP contribution < -0.4 is 5.32 Å². The second kappa shape index (κ2) is 6.46. The lowest BCUT2D eigenvalue weighted by molar-refractivity contribution is 0.00965. The third kappa shape index (κ3) is 4.27. The van der Waals surface area contributed by atoms with Crippen LogP contribution in [-0.2, 0) is 22.6 Å². The maximum Gasteiger partial charge on any atom is 0.0889 e. The lowest BCUT2D eigenvalue weighted by Crippen LogP contribution is -2.16. The number of rotatable bonds is 7. The highest BCUT2D eigenvalue weighted by atomic mass is 16.5. The van der Waals surface area contributed by atoms with E-state index in [0.29, 0.717) is 19.3 Å². The van der Waals surface area contributed by atoms with Crippen molar-refractivity contribution in [2.45, 2.75) is 51.0 Å². The van der Waals surface area contributed by atoms with Crippen LogP contribution in [0, 0.1) is 0 Å². The highest BCUT2D eigenvalue weighted by Gasteiger charge is 2.19. The van der Waals surface area contributed by atoms with E-state index in [4.69, 9.17) is 9.47 Å². The molecule has 4 heteroatoms. The molecule has 19 heavy (non-hydrogen) atoms. The molecule has 3 rings (SSSR count). The summed E-state index contributed by atoms with van der Waals surface area (Å²) in [5.74, 6) is 0. The average Bonchev–Trinajstić information content (AvgIpc) is 3.13. The number of hydrogen-bond acceptors (Lipinski definition) is 4. The van der Waals surface area contributed by atoms with Crippen molar-refractivity contribution in [1.82, 2.24) is 10.3 Å². The van der Waals surface area contributed by atoms with Gasteiger partial charge in [0, 0.05) is 25.4 Å². The van der Waals surface area contributed by atoms with Crippen LogP contribution in [0.15, 0.2) is 18.3 Å². The Bertz CT molecular complexity index is 384. The quantitative estimate of drug-likeness (QED) is 0.816. The number of nitrogens with one attached hydrogen (secondary N) is 1. The summed E-state index contributed by atoms with van der Waals surface area (Å²) in [5.41, 5.74) is 2.24. The molecule has 1 N–H and O–H groups in total. The Labute approximate surface area is 114 Å². The first-order valence-corrected chi connectivity index (χ1v) is 7.27. The van der Waals surface area contributed by atoms with Crippen LogP contribution in [0.5, 0.6) is 0 Å².